The van der Waals surface area contributed by atoms with Crippen molar-refractivity contribution in [2.24, 2.45) is 5.73 Å². The summed E-state index contributed by atoms with van der Waals surface area (Å²) in [6.07, 6.45) is 1.53. The molecule has 1 aromatic heterocycles. The van der Waals surface area contributed by atoms with Crippen LogP contribution >= 0.6 is 0 Å². The third-order valence-corrected chi connectivity index (χ3v) is 5.79. The second-order valence-electron chi connectivity index (χ2n) is 5.05. The second kappa shape index (κ2) is 5.24. The first-order valence-electron chi connectivity index (χ1n) is 6.72. The van der Waals surface area contributed by atoms with Crippen LogP contribution < -0.4 is 11.1 Å². The molecule has 0 radical (unpaired) electrons. The lowest BCUT2D eigenvalue weighted by molar-refractivity contribution is 0.164. The van der Waals surface area contributed by atoms with Crippen molar-refractivity contribution < 1.29 is 13.2 Å². The minimum atomic E-state index is -3.64. The minimum Gasteiger partial charge on any atom is -0.336 e. The van der Waals surface area contributed by atoms with Crippen molar-refractivity contribution in [3.63, 3.8) is 0 Å². The van der Waals surface area contributed by atoms with Crippen molar-refractivity contribution in [3.8, 4) is 0 Å². The van der Waals surface area contributed by atoms with Gasteiger partial charge < -0.3 is 16.0 Å². The standard InChI is InChI=1S/C12H17N5O3S/c13-6-10-11(2-1-3-14-10)21(19,20)16-4-5-17-9(8-16)7-15-12(17)18/h1-3,9H,4-8,13H2,(H,15,18). The van der Waals surface area contributed by atoms with Gasteiger partial charge in [-0.2, -0.15) is 4.31 Å². The number of nitrogens with zero attached hydrogens (tertiary/aromatic N) is 3. The Labute approximate surface area is 123 Å². The number of sulfonamides is 1. The van der Waals surface area contributed by atoms with E-state index in [0.29, 0.717) is 25.3 Å². The fourth-order valence-corrected chi connectivity index (χ4v) is 4.40. The lowest BCUT2D eigenvalue weighted by Crippen LogP contribution is -2.53. The molecule has 1 unspecified atom stereocenters. The fraction of sp³-hybridized carbons (Fsp3) is 0.500. The summed E-state index contributed by atoms with van der Waals surface area (Å²) < 4.78 is 26.9. The van der Waals surface area contributed by atoms with E-state index < -0.39 is 10.0 Å². The van der Waals surface area contributed by atoms with Crippen LogP contribution in [0.25, 0.3) is 0 Å². The maximum absolute atomic E-state index is 12.7. The summed E-state index contributed by atoms with van der Waals surface area (Å²) in [5, 5.41) is 2.73. The molecule has 0 aromatic carbocycles. The van der Waals surface area contributed by atoms with E-state index in [4.69, 9.17) is 5.73 Å². The Kier molecular flexibility index (Phi) is 3.56. The molecule has 21 heavy (non-hydrogen) atoms. The highest BCUT2D eigenvalue weighted by Gasteiger charge is 2.40. The van der Waals surface area contributed by atoms with E-state index in [9.17, 15) is 13.2 Å². The lowest BCUT2D eigenvalue weighted by atomic mass is 10.2. The maximum Gasteiger partial charge on any atom is 0.317 e. The predicted molar refractivity (Wildman–Crippen MR) is 74.8 cm³/mol. The Bertz CT molecular complexity index is 663. The van der Waals surface area contributed by atoms with Gasteiger partial charge in [0, 0.05) is 38.9 Å². The van der Waals surface area contributed by atoms with Gasteiger partial charge in [0.25, 0.3) is 0 Å². The summed E-state index contributed by atoms with van der Waals surface area (Å²) in [5.41, 5.74) is 5.93. The topological polar surface area (TPSA) is 109 Å². The SMILES string of the molecule is NCc1ncccc1S(=O)(=O)N1CCN2C(=O)NCC2C1. The fourth-order valence-electron chi connectivity index (χ4n) is 2.74. The Morgan fingerprint density at radius 2 is 2.24 bits per heavy atom. The quantitative estimate of drug-likeness (QED) is 0.739. The van der Waals surface area contributed by atoms with E-state index in [1.807, 2.05) is 0 Å². The molecule has 2 saturated heterocycles. The second-order valence-corrected chi connectivity index (χ2v) is 6.96. The molecule has 3 rings (SSSR count). The van der Waals surface area contributed by atoms with Gasteiger partial charge >= 0.3 is 6.03 Å². The average Bonchev–Trinajstić information content (AvgIpc) is 2.88. The average molecular weight is 311 g/mol. The summed E-state index contributed by atoms with van der Waals surface area (Å²) in [7, 11) is -3.64. The molecule has 3 heterocycles. The van der Waals surface area contributed by atoms with Gasteiger partial charge in [-0.25, -0.2) is 13.2 Å². The molecule has 0 bridgehead atoms. The summed E-state index contributed by atoms with van der Waals surface area (Å²) in [4.78, 5) is 17.4. The van der Waals surface area contributed by atoms with Crippen LogP contribution in [0.3, 0.4) is 0 Å². The number of pyridine rings is 1. The molecule has 9 heteroatoms. The van der Waals surface area contributed by atoms with Crippen molar-refractivity contribution >= 4 is 16.1 Å². The molecule has 2 amide bonds. The molecular weight excluding hydrogens is 294 g/mol. The first-order chi connectivity index (χ1) is 10.0. The number of aromatic nitrogens is 1. The third-order valence-electron chi connectivity index (χ3n) is 3.85. The zero-order chi connectivity index (χ0) is 15.0. The molecule has 2 aliphatic heterocycles. The molecule has 114 valence electrons. The predicted octanol–water partition coefficient (Wildman–Crippen LogP) is -1.06. The van der Waals surface area contributed by atoms with Crippen molar-refractivity contribution in [2.75, 3.05) is 26.2 Å². The van der Waals surface area contributed by atoms with Gasteiger partial charge in [0.2, 0.25) is 10.0 Å². The first kappa shape index (κ1) is 14.2. The number of rotatable bonds is 3. The number of carbonyl (C=O) groups excluding carboxylic acids is 1. The Morgan fingerprint density at radius 3 is 3.00 bits per heavy atom. The molecule has 3 N–H and O–H groups in total. The van der Waals surface area contributed by atoms with Crippen LogP contribution in [0.1, 0.15) is 5.69 Å². The smallest absolute Gasteiger partial charge is 0.317 e. The molecule has 0 aliphatic carbocycles. The van der Waals surface area contributed by atoms with Gasteiger partial charge in [0.1, 0.15) is 4.90 Å². The summed E-state index contributed by atoms with van der Waals surface area (Å²) in [6.45, 7) is 1.51. The zero-order valence-corrected chi connectivity index (χ0v) is 12.2. The highest BCUT2D eigenvalue weighted by Crippen LogP contribution is 2.23. The third kappa shape index (κ3) is 2.37. The number of carbonyl (C=O) groups is 1. The van der Waals surface area contributed by atoms with E-state index in [0.717, 1.165) is 0 Å². The summed E-state index contributed by atoms with van der Waals surface area (Å²) in [5.74, 6) is 0. The van der Waals surface area contributed by atoms with Crippen LogP contribution in [0.5, 0.6) is 0 Å². The van der Waals surface area contributed by atoms with Gasteiger partial charge in [-0.05, 0) is 12.1 Å². The number of amides is 2. The zero-order valence-electron chi connectivity index (χ0n) is 11.4. The number of fused-ring (bicyclic) bond motifs is 1. The van der Waals surface area contributed by atoms with Gasteiger partial charge in [-0.15, -0.1) is 0 Å². The molecule has 0 spiro atoms. The maximum atomic E-state index is 12.7. The largest absolute Gasteiger partial charge is 0.336 e. The van der Waals surface area contributed by atoms with Crippen LogP contribution in [-0.4, -0.2) is 60.9 Å². The molecule has 2 fully saturated rings. The van der Waals surface area contributed by atoms with Gasteiger partial charge in [0.05, 0.1) is 11.7 Å². The molecular formula is C12H17N5O3S. The van der Waals surface area contributed by atoms with E-state index in [-0.39, 0.29) is 30.1 Å². The van der Waals surface area contributed by atoms with Crippen LogP contribution in [0, 0.1) is 0 Å². The van der Waals surface area contributed by atoms with Crippen LogP contribution in [0.2, 0.25) is 0 Å². The Balaban J connectivity index is 1.88. The van der Waals surface area contributed by atoms with E-state index in [1.165, 1.54) is 16.6 Å². The highest BCUT2D eigenvalue weighted by atomic mass is 32.2. The van der Waals surface area contributed by atoms with Crippen molar-refractivity contribution in [2.45, 2.75) is 17.5 Å². The van der Waals surface area contributed by atoms with Gasteiger partial charge in [0.15, 0.2) is 0 Å². The van der Waals surface area contributed by atoms with E-state index >= 15 is 0 Å². The minimum absolute atomic E-state index is 0.0683. The highest BCUT2D eigenvalue weighted by molar-refractivity contribution is 7.89. The van der Waals surface area contributed by atoms with E-state index in [2.05, 4.69) is 10.3 Å². The number of nitrogens with two attached hydrogens (primary N) is 1. The number of hydrogen-bond acceptors (Lipinski definition) is 5. The van der Waals surface area contributed by atoms with Gasteiger partial charge in [-0.1, -0.05) is 0 Å². The Morgan fingerprint density at radius 1 is 1.43 bits per heavy atom. The summed E-state index contributed by atoms with van der Waals surface area (Å²) >= 11 is 0. The van der Waals surface area contributed by atoms with Gasteiger partial charge in [-0.3, -0.25) is 4.98 Å². The van der Waals surface area contributed by atoms with Crippen molar-refractivity contribution in [1.29, 1.82) is 0 Å². The molecule has 1 aromatic rings. The van der Waals surface area contributed by atoms with E-state index in [1.54, 1.807) is 11.0 Å². The van der Waals surface area contributed by atoms with Crippen LogP contribution in [0.15, 0.2) is 23.2 Å². The van der Waals surface area contributed by atoms with Crippen LogP contribution in [-0.2, 0) is 16.6 Å². The molecule has 0 saturated carbocycles. The number of nitrogens with one attached hydrogen (secondary N) is 1. The number of piperazine rings is 1. The number of urea groups is 1. The Hall–Kier alpha value is -1.71. The normalized spacial score (nSPS) is 23.0. The number of hydrogen-bond donors (Lipinski definition) is 2. The van der Waals surface area contributed by atoms with Crippen LogP contribution in [0.4, 0.5) is 4.79 Å². The monoisotopic (exact) mass is 311 g/mol. The molecule has 1 atom stereocenters. The lowest BCUT2D eigenvalue weighted by Gasteiger charge is -2.35. The molecule has 2 aliphatic rings. The molecule has 8 nitrogen and oxygen atoms in total. The van der Waals surface area contributed by atoms with Crippen molar-refractivity contribution in [3.05, 3.63) is 24.0 Å². The summed E-state index contributed by atoms with van der Waals surface area (Å²) in [6, 6.07) is 2.87. The first-order valence-corrected chi connectivity index (χ1v) is 8.16. The van der Waals surface area contributed by atoms with Crippen molar-refractivity contribution in [1.82, 2.24) is 19.5 Å².